The Morgan fingerprint density at radius 2 is 1.72 bits per heavy atom. The SMILES string of the molecule is COc1cc(OC)c(OC)cc1/C=N\NC(=S)N[C@@H]1CCCC[C@@H]1C. The van der Waals surface area contributed by atoms with Crippen molar-refractivity contribution in [2.24, 2.45) is 11.0 Å². The van der Waals surface area contributed by atoms with E-state index < -0.39 is 0 Å². The Morgan fingerprint density at radius 1 is 1.08 bits per heavy atom. The normalized spacial score (nSPS) is 20.2. The van der Waals surface area contributed by atoms with Crippen molar-refractivity contribution in [3.63, 3.8) is 0 Å². The molecule has 138 valence electrons. The topological polar surface area (TPSA) is 64.1 Å². The van der Waals surface area contributed by atoms with E-state index in [0.717, 1.165) is 12.0 Å². The van der Waals surface area contributed by atoms with Crippen LogP contribution in [0.15, 0.2) is 17.2 Å². The van der Waals surface area contributed by atoms with E-state index in [1.54, 1.807) is 33.6 Å². The summed E-state index contributed by atoms with van der Waals surface area (Å²) in [5, 5.41) is 8.11. The summed E-state index contributed by atoms with van der Waals surface area (Å²) in [7, 11) is 4.78. The molecule has 6 nitrogen and oxygen atoms in total. The summed E-state index contributed by atoms with van der Waals surface area (Å²) in [5.41, 5.74) is 3.64. The third-order valence-electron chi connectivity index (χ3n) is 4.53. The van der Waals surface area contributed by atoms with Crippen molar-refractivity contribution < 1.29 is 14.2 Å². The van der Waals surface area contributed by atoms with Crippen molar-refractivity contribution in [1.29, 1.82) is 0 Å². The first-order chi connectivity index (χ1) is 12.1. The molecule has 2 N–H and O–H groups in total. The van der Waals surface area contributed by atoms with Gasteiger partial charge >= 0.3 is 0 Å². The third-order valence-corrected chi connectivity index (χ3v) is 4.74. The van der Waals surface area contributed by atoms with Gasteiger partial charge in [0.1, 0.15) is 5.75 Å². The van der Waals surface area contributed by atoms with Gasteiger partial charge in [0, 0.05) is 17.7 Å². The fourth-order valence-electron chi connectivity index (χ4n) is 3.05. The Labute approximate surface area is 154 Å². The van der Waals surface area contributed by atoms with Crippen molar-refractivity contribution in [1.82, 2.24) is 10.7 Å². The summed E-state index contributed by atoms with van der Waals surface area (Å²) in [5.74, 6) is 2.49. The molecule has 0 aliphatic heterocycles. The summed E-state index contributed by atoms with van der Waals surface area (Å²) >= 11 is 5.34. The molecule has 2 atom stereocenters. The fraction of sp³-hybridized carbons (Fsp3) is 0.556. The Balaban J connectivity index is 1.99. The van der Waals surface area contributed by atoms with Gasteiger partial charge in [-0.15, -0.1) is 0 Å². The maximum atomic E-state index is 5.38. The van der Waals surface area contributed by atoms with E-state index >= 15 is 0 Å². The number of hydrazone groups is 1. The minimum Gasteiger partial charge on any atom is -0.496 e. The molecule has 0 saturated heterocycles. The highest BCUT2D eigenvalue weighted by atomic mass is 32.1. The molecule has 0 spiro atoms. The van der Waals surface area contributed by atoms with Crippen molar-refractivity contribution in [2.45, 2.75) is 38.6 Å². The molecular weight excluding hydrogens is 338 g/mol. The number of hydrogen-bond donors (Lipinski definition) is 2. The molecule has 1 aliphatic carbocycles. The molecule has 1 fully saturated rings. The number of ether oxygens (including phenoxy) is 3. The molecule has 7 heteroatoms. The van der Waals surface area contributed by atoms with Gasteiger partial charge in [-0.25, -0.2) is 0 Å². The first-order valence-corrected chi connectivity index (χ1v) is 8.89. The van der Waals surface area contributed by atoms with Crippen LogP contribution in [0.1, 0.15) is 38.2 Å². The van der Waals surface area contributed by atoms with Gasteiger partial charge in [-0.3, -0.25) is 5.43 Å². The second-order valence-electron chi connectivity index (χ2n) is 6.16. The Bertz CT molecular complexity index is 622. The minimum atomic E-state index is 0.416. The molecule has 25 heavy (non-hydrogen) atoms. The average Bonchev–Trinajstić information content (AvgIpc) is 2.63. The number of thiocarbonyl (C=S) groups is 1. The summed E-state index contributed by atoms with van der Waals surface area (Å²) in [6.45, 7) is 2.26. The van der Waals surface area contributed by atoms with Crippen LogP contribution in [-0.4, -0.2) is 38.7 Å². The van der Waals surface area contributed by atoms with Crippen LogP contribution in [0, 0.1) is 5.92 Å². The number of nitrogens with one attached hydrogen (secondary N) is 2. The highest BCUT2D eigenvalue weighted by Gasteiger charge is 2.21. The molecule has 0 heterocycles. The van der Waals surface area contributed by atoms with Crippen molar-refractivity contribution in [3.05, 3.63) is 17.7 Å². The van der Waals surface area contributed by atoms with Crippen molar-refractivity contribution in [3.8, 4) is 17.2 Å². The van der Waals surface area contributed by atoms with Crippen LogP contribution in [0.25, 0.3) is 0 Å². The molecule has 1 aromatic carbocycles. The van der Waals surface area contributed by atoms with E-state index in [2.05, 4.69) is 22.8 Å². The summed E-state index contributed by atoms with van der Waals surface area (Å²) in [6, 6.07) is 3.99. The lowest BCUT2D eigenvalue weighted by atomic mass is 9.86. The largest absolute Gasteiger partial charge is 0.496 e. The number of rotatable bonds is 6. The lowest BCUT2D eigenvalue weighted by molar-refractivity contribution is 0.308. The van der Waals surface area contributed by atoms with Gasteiger partial charge in [-0.1, -0.05) is 19.8 Å². The number of nitrogens with zero attached hydrogens (tertiary/aromatic N) is 1. The van der Waals surface area contributed by atoms with E-state index in [1.165, 1.54) is 19.3 Å². The monoisotopic (exact) mass is 365 g/mol. The van der Waals surface area contributed by atoms with Gasteiger partial charge in [-0.2, -0.15) is 5.10 Å². The van der Waals surface area contributed by atoms with Gasteiger partial charge < -0.3 is 19.5 Å². The first-order valence-electron chi connectivity index (χ1n) is 8.48. The molecule has 2 rings (SSSR count). The number of methoxy groups -OCH3 is 3. The quantitative estimate of drug-likeness (QED) is 0.459. The van der Waals surface area contributed by atoms with Gasteiger partial charge in [-0.05, 0) is 37.0 Å². The van der Waals surface area contributed by atoms with Gasteiger partial charge in [0.05, 0.1) is 27.5 Å². The zero-order valence-corrected chi connectivity index (χ0v) is 16.1. The molecule has 0 radical (unpaired) electrons. The number of hydrogen-bond acceptors (Lipinski definition) is 5. The number of benzene rings is 1. The smallest absolute Gasteiger partial charge is 0.187 e. The second kappa shape index (κ2) is 9.46. The Hall–Kier alpha value is -2.02. The van der Waals surface area contributed by atoms with Crippen LogP contribution in [0.3, 0.4) is 0 Å². The van der Waals surface area contributed by atoms with Gasteiger partial charge in [0.15, 0.2) is 16.6 Å². The Morgan fingerprint density at radius 3 is 2.36 bits per heavy atom. The second-order valence-corrected chi connectivity index (χ2v) is 6.57. The van der Waals surface area contributed by atoms with Gasteiger partial charge in [0.2, 0.25) is 0 Å². The molecule has 0 bridgehead atoms. The van der Waals surface area contributed by atoms with Crippen LogP contribution in [0.5, 0.6) is 17.2 Å². The van der Waals surface area contributed by atoms with E-state index in [1.807, 2.05) is 6.07 Å². The standard InChI is InChI=1S/C18H27N3O3S/c1-12-7-5-6-8-14(12)20-18(25)21-19-11-13-9-16(23-3)17(24-4)10-15(13)22-2/h9-12,14H,5-8H2,1-4H3,(H2,20,21,25)/b19-11-/t12-,14+/m0/s1. The Kier molecular flexibility index (Phi) is 7.31. The lowest BCUT2D eigenvalue weighted by Crippen LogP contribution is -2.44. The average molecular weight is 365 g/mol. The van der Waals surface area contributed by atoms with Gasteiger partial charge in [0.25, 0.3) is 0 Å². The lowest BCUT2D eigenvalue weighted by Gasteiger charge is -2.30. The fourth-order valence-corrected chi connectivity index (χ4v) is 3.25. The zero-order valence-electron chi connectivity index (χ0n) is 15.3. The predicted molar refractivity (Wildman–Crippen MR) is 104 cm³/mol. The summed E-state index contributed by atoms with van der Waals surface area (Å²) in [6.07, 6.45) is 6.59. The van der Waals surface area contributed by atoms with E-state index in [-0.39, 0.29) is 0 Å². The maximum absolute atomic E-state index is 5.38. The molecule has 0 unspecified atom stereocenters. The molecule has 1 aliphatic rings. The highest BCUT2D eigenvalue weighted by Crippen LogP contribution is 2.33. The van der Waals surface area contributed by atoms with Crippen LogP contribution in [0.4, 0.5) is 0 Å². The van der Waals surface area contributed by atoms with Crippen LogP contribution >= 0.6 is 12.2 Å². The molecule has 0 amide bonds. The van der Waals surface area contributed by atoms with E-state index in [4.69, 9.17) is 26.4 Å². The predicted octanol–water partition coefficient (Wildman–Crippen LogP) is 3.09. The molecule has 1 saturated carbocycles. The molecule has 1 aromatic rings. The maximum Gasteiger partial charge on any atom is 0.187 e. The molecular formula is C18H27N3O3S. The summed E-state index contributed by atoms with van der Waals surface area (Å²) < 4.78 is 16.0. The molecule has 0 aromatic heterocycles. The third kappa shape index (κ3) is 5.22. The van der Waals surface area contributed by atoms with Crippen LogP contribution in [0.2, 0.25) is 0 Å². The van der Waals surface area contributed by atoms with Crippen molar-refractivity contribution >= 4 is 23.5 Å². The van der Waals surface area contributed by atoms with E-state index in [9.17, 15) is 0 Å². The summed E-state index contributed by atoms with van der Waals surface area (Å²) in [4.78, 5) is 0. The van der Waals surface area contributed by atoms with Crippen molar-refractivity contribution in [2.75, 3.05) is 21.3 Å². The minimum absolute atomic E-state index is 0.416. The highest BCUT2D eigenvalue weighted by molar-refractivity contribution is 7.80. The van der Waals surface area contributed by atoms with E-state index in [0.29, 0.717) is 34.3 Å². The van der Waals surface area contributed by atoms with Crippen LogP contribution in [-0.2, 0) is 0 Å². The zero-order chi connectivity index (χ0) is 18.2. The van der Waals surface area contributed by atoms with Crippen LogP contribution < -0.4 is 25.0 Å². The first kappa shape index (κ1) is 19.3.